The molecule has 1 heterocycles. The number of hydrogen-bond donors (Lipinski definition) is 0. The molecule has 3 rings (SSSR count). The third-order valence-electron chi connectivity index (χ3n) is 2.78. The zero-order valence-corrected chi connectivity index (χ0v) is 8.77. The van der Waals surface area contributed by atoms with Crippen LogP contribution in [0.15, 0.2) is 36.4 Å². The largest absolute Gasteiger partial charge is 0.485 e. The fourth-order valence-electron chi connectivity index (χ4n) is 1.96. The molecule has 1 N–H and O–H groups in total. The molecule has 0 fully saturated rings. The predicted molar refractivity (Wildman–Crippen MR) is 61.8 cm³/mol. The van der Waals surface area contributed by atoms with Crippen molar-refractivity contribution in [3.05, 3.63) is 36.4 Å². The molecule has 2 aromatic rings. The molecule has 1 unspecified atom stereocenters. The molecule has 0 aliphatic carbocycles. The maximum Gasteiger partial charge on any atom is 0.169 e. The Morgan fingerprint density at radius 2 is 2.06 bits per heavy atom. The fourth-order valence-corrected chi connectivity index (χ4v) is 1.96. The molecule has 0 bridgehead atoms. The van der Waals surface area contributed by atoms with Gasteiger partial charge in [0.2, 0.25) is 0 Å². The second kappa shape index (κ2) is 3.68. The number of rotatable bonds is 1. The minimum absolute atomic E-state index is 0.145. The molecule has 16 heavy (non-hydrogen) atoms. The highest BCUT2D eigenvalue weighted by Crippen LogP contribution is 2.38. The van der Waals surface area contributed by atoms with Gasteiger partial charge in [0, 0.05) is 5.39 Å². The van der Waals surface area contributed by atoms with Gasteiger partial charge in [0.15, 0.2) is 11.5 Å². The van der Waals surface area contributed by atoms with E-state index >= 15 is 0 Å². The lowest BCUT2D eigenvalue weighted by Gasteiger charge is -2.26. The van der Waals surface area contributed by atoms with Gasteiger partial charge in [-0.2, -0.15) is 0 Å². The Hall–Kier alpha value is -1.74. The van der Waals surface area contributed by atoms with Crippen LogP contribution >= 0.6 is 0 Å². The zero-order chi connectivity index (χ0) is 11.0. The third-order valence-corrected chi connectivity index (χ3v) is 2.78. The van der Waals surface area contributed by atoms with Gasteiger partial charge in [-0.15, -0.1) is 0 Å². The smallest absolute Gasteiger partial charge is 0.169 e. The molecule has 0 saturated carbocycles. The summed E-state index contributed by atoms with van der Waals surface area (Å²) in [5, 5.41) is 2.22. The Bertz CT molecular complexity index is 524. The quantitative estimate of drug-likeness (QED) is 0.730. The summed E-state index contributed by atoms with van der Waals surface area (Å²) < 4.78 is 11.4. The van der Waals surface area contributed by atoms with Crippen LogP contribution in [0.4, 0.5) is 0 Å². The van der Waals surface area contributed by atoms with Gasteiger partial charge in [0.05, 0.1) is 6.54 Å². The van der Waals surface area contributed by atoms with E-state index in [1.165, 1.54) is 0 Å². The second-order valence-electron chi connectivity index (χ2n) is 3.87. The number of ether oxygens (including phenoxy) is 2. The lowest BCUT2D eigenvalue weighted by Crippen LogP contribution is -2.32. The molecule has 81 valence electrons. The second-order valence-corrected chi connectivity index (χ2v) is 3.87. The van der Waals surface area contributed by atoms with Gasteiger partial charge in [-0.1, -0.05) is 30.3 Å². The van der Waals surface area contributed by atoms with Gasteiger partial charge < -0.3 is 9.47 Å². The van der Waals surface area contributed by atoms with E-state index < -0.39 is 0 Å². The van der Waals surface area contributed by atoms with E-state index in [0.717, 1.165) is 22.3 Å². The van der Waals surface area contributed by atoms with Crippen molar-refractivity contribution in [3.63, 3.8) is 0 Å². The molecule has 1 atom stereocenters. The number of fused-ring (bicyclic) bond motifs is 3. The summed E-state index contributed by atoms with van der Waals surface area (Å²) >= 11 is 0. The molecule has 1 radical (unpaired) electrons. The fraction of sp³-hybridized carbons (Fsp3) is 0.231. The van der Waals surface area contributed by atoms with Crippen LogP contribution in [0.2, 0.25) is 0 Å². The molecule has 0 spiro atoms. The van der Waals surface area contributed by atoms with E-state index in [1.807, 2.05) is 30.3 Å². The van der Waals surface area contributed by atoms with Crippen LogP contribution in [-0.4, -0.2) is 19.3 Å². The standard InChI is InChI=1S/C13H12NO2/c14-7-10-8-15-13-11-4-2-1-3-9(11)5-6-12(13)16-10/h1-6,10,14H,7-8H2. The van der Waals surface area contributed by atoms with Crippen molar-refractivity contribution in [2.75, 3.05) is 13.2 Å². The number of benzene rings is 2. The third kappa shape index (κ3) is 1.41. The van der Waals surface area contributed by atoms with Crippen molar-refractivity contribution in [3.8, 4) is 11.5 Å². The average molecular weight is 214 g/mol. The van der Waals surface area contributed by atoms with Crippen LogP contribution in [0.3, 0.4) is 0 Å². The van der Waals surface area contributed by atoms with Gasteiger partial charge in [0.25, 0.3) is 0 Å². The first kappa shape index (κ1) is 9.48. The molecule has 0 saturated heterocycles. The molecule has 1 aliphatic heterocycles. The summed E-state index contributed by atoms with van der Waals surface area (Å²) in [6, 6.07) is 12.0. The molecule has 0 aromatic heterocycles. The summed E-state index contributed by atoms with van der Waals surface area (Å²) in [5.41, 5.74) is 7.30. The van der Waals surface area contributed by atoms with E-state index in [2.05, 4.69) is 6.07 Å². The summed E-state index contributed by atoms with van der Waals surface area (Å²) in [6.45, 7) is 0.691. The Morgan fingerprint density at radius 1 is 1.19 bits per heavy atom. The van der Waals surface area contributed by atoms with Crippen LogP contribution in [-0.2, 0) is 0 Å². The summed E-state index contributed by atoms with van der Waals surface area (Å²) in [5.74, 6) is 1.56. The van der Waals surface area contributed by atoms with E-state index in [1.54, 1.807) is 0 Å². The van der Waals surface area contributed by atoms with E-state index in [0.29, 0.717) is 6.61 Å². The molecule has 3 nitrogen and oxygen atoms in total. The Balaban J connectivity index is 2.14. The minimum atomic E-state index is -0.145. The van der Waals surface area contributed by atoms with Crippen molar-refractivity contribution in [2.45, 2.75) is 6.10 Å². The Morgan fingerprint density at radius 3 is 2.94 bits per heavy atom. The molecule has 2 aromatic carbocycles. The highest BCUT2D eigenvalue weighted by atomic mass is 16.6. The van der Waals surface area contributed by atoms with E-state index in [4.69, 9.17) is 15.2 Å². The van der Waals surface area contributed by atoms with Crippen LogP contribution in [0.5, 0.6) is 11.5 Å². The first-order chi connectivity index (χ1) is 7.88. The Kier molecular flexibility index (Phi) is 2.18. The van der Waals surface area contributed by atoms with Crippen LogP contribution in [0.25, 0.3) is 10.8 Å². The van der Waals surface area contributed by atoms with Crippen molar-refractivity contribution >= 4 is 10.8 Å². The lowest BCUT2D eigenvalue weighted by molar-refractivity contribution is 0.0975. The summed E-state index contributed by atoms with van der Waals surface area (Å²) in [6.07, 6.45) is -0.145. The van der Waals surface area contributed by atoms with Crippen LogP contribution in [0.1, 0.15) is 0 Å². The minimum Gasteiger partial charge on any atom is -0.485 e. The summed E-state index contributed by atoms with van der Waals surface area (Å²) in [4.78, 5) is 0. The predicted octanol–water partition coefficient (Wildman–Crippen LogP) is 2.26. The van der Waals surface area contributed by atoms with Crippen LogP contribution in [0, 0.1) is 0 Å². The van der Waals surface area contributed by atoms with Gasteiger partial charge in [-0.3, -0.25) is 5.73 Å². The van der Waals surface area contributed by atoms with Gasteiger partial charge in [0.1, 0.15) is 12.7 Å². The Labute approximate surface area is 93.8 Å². The van der Waals surface area contributed by atoms with E-state index in [-0.39, 0.29) is 12.6 Å². The van der Waals surface area contributed by atoms with Crippen molar-refractivity contribution < 1.29 is 9.47 Å². The van der Waals surface area contributed by atoms with Crippen molar-refractivity contribution in [2.24, 2.45) is 0 Å². The maximum atomic E-state index is 7.30. The van der Waals surface area contributed by atoms with Gasteiger partial charge >= 0.3 is 0 Å². The maximum absolute atomic E-state index is 7.30. The summed E-state index contributed by atoms with van der Waals surface area (Å²) in [7, 11) is 0. The topological polar surface area (TPSA) is 42.3 Å². The lowest BCUT2D eigenvalue weighted by atomic mass is 10.1. The number of nitrogens with one attached hydrogen (secondary N) is 1. The average Bonchev–Trinajstić information content (AvgIpc) is 2.38. The van der Waals surface area contributed by atoms with Crippen LogP contribution < -0.4 is 15.2 Å². The molecule has 1 aliphatic rings. The molecular weight excluding hydrogens is 202 g/mol. The van der Waals surface area contributed by atoms with Gasteiger partial charge in [-0.25, -0.2) is 0 Å². The van der Waals surface area contributed by atoms with Gasteiger partial charge in [-0.05, 0) is 11.5 Å². The molecule has 3 heteroatoms. The molecular formula is C13H12NO2. The monoisotopic (exact) mass is 214 g/mol. The van der Waals surface area contributed by atoms with Crippen molar-refractivity contribution in [1.29, 1.82) is 0 Å². The van der Waals surface area contributed by atoms with E-state index in [9.17, 15) is 0 Å². The highest BCUT2D eigenvalue weighted by molar-refractivity contribution is 5.90. The SMILES string of the molecule is [NH]CC1COc2c(ccc3ccccc23)O1. The first-order valence-electron chi connectivity index (χ1n) is 5.34. The van der Waals surface area contributed by atoms with Crippen molar-refractivity contribution in [1.82, 2.24) is 5.73 Å². The number of hydrogen-bond acceptors (Lipinski definition) is 2. The highest BCUT2D eigenvalue weighted by Gasteiger charge is 2.21. The normalized spacial score (nSPS) is 18.7. The first-order valence-corrected chi connectivity index (χ1v) is 5.34. The molecule has 0 amide bonds. The zero-order valence-electron chi connectivity index (χ0n) is 8.77.